The first-order valence-electron chi connectivity index (χ1n) is 6.27. The third-order valence-electron chi connectivity index (χ3n) is 2.91. The fraction of sp³-hybridized carbons (Fsp3) is 0.357. The maximum atomic E-state index is 13.5. The van der Waals surface area contributed by atoms with Crippen LogP contribution in [0.4, 0.5) is 10.3 Å². The van der Waals surface area contributed by atoms with Gasteiger partial charge in [0.25, 0.3) is 0 Å². The molecule has 0 aliphatic carbocycles. The molecule has 108 valence electrons. The van der Waals surface area contributed by atoms with Crippen LogP contribution < -0.4 is 5.32 Å². The van der Waals surface area contributed by atoms with E-state index in [0.717, 1.165) is 22.9 Å². The molecule has 0 radical (unpaired) electrons. The largest absolute Gasteiger partial charge is 0.383 e. The van der Waals surface area contributed by atoms with Crippen LogP contribution in [-0.2, 0) is 4.74 Å². The van der Waals surface area contributed by atoms with Gasteiger partial charge >= 0.3 is 0 Å². The molecule has 2 aromatic rings. The Bertz CT molecular complexity index is 613. The van der Waals surface area contributed by atoms with Crippen LogP contribution in [0.25, 0.3) is 5.69 Å². The molecule has 0 saturated heterocycles. The highest BCUT2D eigenvalue weighted by molar-refractivity contribution is 9.10. The molecule has 1 heterocycles. The van der Waals surface area contributed by atoms with Crippen molar-refractivity contribution in [3.63, 3.8) is 0 Å². The van der Waals surface area contributed by atoms with Crippen molar-refractivity contribution in [2.45, 2.75) is 13.8 Å². The van der Waals surface area contributed by atoms with Gasteiger partial charge in [-0.2, -0.15) is 0 Å². The van der Waals surface area contributed by atoms with E-state index < -0.39 is 0 Å². The number of aromatic nitrogens is 2. The third kappa shape index (κ3) is 3.19. The summed E-state index contributed by atoms with van der Waals surface area (Å²) in [4.78, 5) is 4.44. The van der Waals surface area contributed by atoms with Gasteiger partial charge in [0.15, 0.2) is 0 Å². The molecule has 0 spiro atoms. The molecular weight excluding hydrogens is 325 g/mol. The van der Waals surface area contributed by atoms with Gasteiger partial charge in [-0.05, 0) is 47.5 Å². The number of nitrogens with one attached hydrogen (secondary N) is 1. The van der Waals surface area contributed by atoms with Gasteiger partial charge in [0.05, 0.1) is 22.5 Å². The molecule has 0 saturated carbocycles. The molecule has 0 unspecified atom stereocenters. The van der Waals surface area contributed by atoms with Crippen LogP contribution in [0.5, 0.6) is 0 Å². The van der Waals surface area contributed by atoms with Gasteiger partial charge in [0.2, 0.25) is 5.95 Å². The Balaban J connectivity index is 2.39. The summed E-state index contributed by atoms with van der Waals surface area (Å²) in [5.74, 6) is 0.457. The molecule has 0 fully saturated rings. The summed E-state index contributed by atoms with van der Waals surface area (Å²) in [5.41, 5.74) is 2.63. The molecule has 1 aromatic carbocycles. The maximum Gasteiger partial charge on any atom is 0.207 e. The molecule has 6 heteroatoms. The van der Waals surface area contributed by atoms with E-state index >= 15 is 0 Å². The molecular formula is C14H17BrFN3O. The average Bonchev–Trinajstić information content (AvgIpc) is 2.75. The van der Waals surface area contributed by atoms with E-state index in [-0.39, 0.29) is 5.82 Å². The predicted molar refractivity (Wildman–Crippen MR) is 81.1 cm³/mol. The number of aryl methyl sites for hydroxylation is 2. The van der Waals surface area contributed by atoms with Crippen LogP contribution >= 0.6 is 15.9 Å². The molecule has 4 nitrogen and oxygen atoms in total. The number of hydrogen-bond donors (Lipinski definition) is 1. The quantitative estimate of drug-likeness (QED) is 0.846. The van der Waals surface area contributed by atoms with Gasteiger partial charge in [0.1, 0.15) is 5.82 Å². The predicted octanol–water partition coefficient (Wildman–Crippen LogP) is 3.45. The lowest BCUT2D eigenvalue weighted by atomic mass is 10.2. The summed E-state index contributed by atoms with van der Waals surface area (Å²) in [5, 5.41) is 3.21. The monoisotopic (exact) mass is 341 g/mol. The highest BCUT2D eigenvalue weighted by Crippen LogP contribution is 2.26. The third-order valence-corrected chi connectivity index (χ3v) is 3.52. The average molecular weight is 342 g/mol. The van der Waals surface area contributed by atoms with E-state index in [0.29, 0.717) is 17.6 Å². The number of nitrogens with zero attached hydrogens (tertiary/aromatic N) is 2. The molecule has 0 amide bonds. The van der Waals surface area contributed by atoms with Gasteiger partial charge in [-0.1, -0.05) is 0 Å². The smallest absolute Gasteiger partial charge is 0.207 e. The van der Waals surface area contributed by atoms with Crippen molar-refractivity contribution in [1.29, 1.82) is 0 Å². The fourth-order valence-corrected chi connectivity index (χ4v) is 2.30. The van der Waals surface area contributed by atoms with Crippen LogP contribution in [0.2, 0.25) is 0 Å². The molecule has 1 aromatic heterocycles. The molecule has 2 rings (SSSR count). The van der Waals surface area contributed by atoms with Crippen molar-refractivity contribution in [2.75, 3.05) is 25.6 Å². The van der Waals surface area contributed by atoms with Gasteiger partial charge in [-0.25, -0.2) is 9.37 Å². The number of rotatable bonds is 5. The summed E-state index contributed by atoms with van der Waals surface area (Å²) in [7, 11) is 1.65. The standard InChI is InChI=1S/C14H17BrFN3O/c1-9-6-12(16)11(15)7-13(9)19-8-10(2)18-14(19)17-4-5-20-3/h6-8H,4-5H2,1-3H3,(H,17,18). The minimum absolute atomic E-state index is 0.267. The Morgan fingerprint density at radius 3 is 2.85 bits per heavy atom. The second kappa shape index (κ2) is 6.37. The lowest BCUT2D eigenvalue weighted by molar-refractivity contribution is 0.210. The molecule has 0 bridgehead atoms. The Morgan fingerprint density at radius 2 is 2.15 bits per heavy atom. The van der Waals surface area contributed by atoms with Crippen LogP contribution in [0, 0.1) is 19.7 Å². The Morgan fingerprint density at radius 1 is 1.40 bits per heavy atom. The molecule has 0 atom stereocenters. The second-order valence-electron chi connectivity index (χ2n) is 4.55. The SMILES string of the molecule is COCCNc1nc(C)cn1-c1cc(Br)c(F)cc1C. The molecule has 0 aliphatic rings. The molecule has 1 N–H and O–H groups in total. The number of anilines is 1. The number of ether oxygens (including phenoxy) is 1. The number of methoxy groups -OCH3 is 1. The zero-order valence-corrected chi connectivity index (χ0v) is 13.3. The summed E-state index contributed by atoms with van der Waals surface area (Å²) in [6.45, 7) is 5.05. The summed E-state index contributed by atoms with van der Waals surface area (Å²) < 4.78 is 20.9. The highest BCUT2D eigenvalue weighted by atomic mass is 79.9. The first-order chi connectivity index (χ1) is 9.52. The van der Waals surface area contributed by atoms with Gasteiger partial charge < -0.3 is 10.1 Å². The van der Waals surface area contributed by atoms with Crippen molar-refractivity contribution in [1.82, 2.24) is 9.55 Å². The summed E-state index contributed by atoms with van der Waals surface area (Å²) >= 11 is 3.22. The summed E-state index contributed by atoms with van der Waals surface area (Å²) in [6.07, 6.45) is 1.92. The maximum absolute atomic E-state index is 13.5. The number of benzene rings is 1. The van der Waals surface area contributed by atoms with Crippen molar-refractivity contribution in [2.24, 2.45) is 0 Å². The van der Waals surface area contributed by atoms with Crippen LogP contribution in [-0.4, -0.2) is 29.8 Å². The van der Waals surface area contributed by atoms with Crippen LogP contribution in [0.1, 0.15) is 11.3 Å². The van der Waals surface area contributed by atoms with E-state index in [1.54, 1.807) is 13.2 Å². The zero-order chi connectivity index (χ0) is 14.7. The number of halogens is 2. The second-order valence-corrected chi connectivity index (χ2v) is 5.40. The first-order valence-corrected chi connectivity index (χ1v) is 7.07. The lowest BCUT2D eigenvalue weighted by Gasteiger charge is -2.12. The van der Waals surface area contributed by atoms with E-state index in [1.807, 2.05) is 24.6 Å². The minimum Gasteiger partial charge on any atom is -0.383 e. The van der Waals surface area contributed by atoms with Crippen molar-refractivity contribution in [3.05, 3.63) is 39.9 Å². The van der Waals surface area contributed by atoms with E-state index in [2.05, 4.69) is 26.2 Å². The van der Waals surface area contributed by atoms with Crippen LogP contribution in [0.3, 0.4) is 0 Å². The Kier molecular flexibility index (Phi) is 4.77. The van der Waals surface area contributed by atoms with Crippen LogP contribution in [0.15, 0.2) is 22.8 Å². The van der Waals surface area contributed by atoms with E-state index in [4.69, 9.17) is 4.74 Å². The number of hydrogen-bond acceptors (Lipinski definition) is 3. The molecule has 20 heavy (non-hydrogen) atoms. The fourth-order valence-electron chi connectivity index (χ4n) is 1.97. The molecule has 0 aliphatic heterocycles. The topological polar surface area (TPSA) is 39.1 Å². The summed E-state index contributed by atoms with van der Waals surface area (Å²) in [6, 6.07) is 3.26. The number of imidazole rings is 1. The normalized spacial score (nSPS) is 10.8. The Hall–Kier alpha value is -1.40. The van der Waals surface area contributed by atoms with E-state index in [9.17, 15) is 4.39 Å². The van der Waals surface area contributed by atoms with Crippen molar-refractivity contribution < 1.29 is 9.13 Å². The van der Waals surface area contributed by atoms with Crippen molar-refractivity contribution >= 4 is 21.9 Å². The highest BCUT2D eigenvalue weighted by Gasteiger charge is 2.12. The zero-order valence-electron chi connectivity index (χ0n) is 11.7. The lowest BCUT2D eigenvalue weighted by Crippen LogP contribution is -2.12. The van der Waals surface area contributed by atoms with Gasteiger partial charge in [-0.3, -0.25) is 4.57 Å². The van der Waals surface area contributed by atoms with Gasteiger partial charge in [0, 0.05) is 19.9 Å². The van der Waals surface area contributed by atoms with Gasteiger partial charge in [-0.15, -0.1) is 0 Å². The van der Waals surface area contributed by atoms with Crippen molar-refractivity contribution in [3.8, 4) is 5.69 Å². The van der Waals surface area contributed by atoms with E-state index in [1.165, 1.54) is 6.07 Å². The Labute approximate surface area is 126 Å². The first kappa shape index (κ1) is 15.0. The minimum atomic E-state index is -0.267.